The van der Waals surface area contributed by atoms with Crippen LogP contribution in [0.15, 0.2) is 39.4 Å². The normalized spacial score (nSPS) is 11.5. The number of aromatic nitrogens is 2. The molecule has 0 aliphatic rings. The standard InChI is InChI=1S/C13H10N4O2S2/c1-6-14-16-13(21-6)17-15-11-10(20)4-7-2-3-8(18)5-9(7)12(11)19/h2-5,18-20H,1H3/b17-15+. The Kier molecular flexibility index (Phi) is 3.48. The Labute approximate surface area is 129 Å². The van der Waals surface area contributed by atoms with Crippen molar-refractivity contribution < 1.29 is 10.2 Å². The van der Waals surface area contributed by atoms with Crippen molar-refractivity contribution in [2.45, 2.75) is 11.8 Å². The van der Waals surface area contributed by atoms with E-state index in [4.69, 9.17) is 0 Å². The predicted octanol–water partition coefficient (Wildman–Crippen LogP) is 4.12. The van der Waals surface area contributed by atoms with Crippen LogP contribution in [0.2, 0.25) is 0 Å². The number of phenols is 2. The molecule has 8 heteroatoms. The number of phenolic OH excluding ortho intramolecular Hbond substituents is 2. The Bertz CT molecular complexity index is 861. The molecule has 0 fully saturated rings. The van der Waals surface area contributed by atoms with Gasteiger partial charge in [-0.05, 0) is 30.5 Å². The smallest absolute Gasteiger partial charge is 0.251 e. The van der Waals surface area contributed by atoms with Crippen molar-refractivity contribution in [2.24, 2.45) is 10.2 Å². The number of benzene rings is 2. The molecule has 1 heterocycles. The average Bonchev–Trinajstić information content (AvgIpc) is 2.85. The van der Waals surface area contributed by atoms with Crippen molar-refractivity contribution in [3.63, 3.8) is 0 Å². The number of fused-ring (bicyclic) bond motifs is 1. The highest BCUT2D eigenvalue weighted by molar-refractivity contribution is 7.80. The van der Waals surface area contributed by atoms with Gasteiger partial charge in [0.1, 0.15) is 16.4 Å². The van der Waals surface area contributed by atoms with Crippen LogP contribution in [0.25, 0.3) is 10.8 Å². The van der Waals surface area contributed by atoms with Gasteiger partial charge in [0.05, 0.1) is 0 Å². The first-order chi connectivity index (χ1) is 10.0. The van der Waals surface area contributed by atoms with Gasteiger partial charge in [0.25, 0.3) is 5.13 Å². The van der Waals surface area contributed by atoms with Crippen LogP contribution < -0.4 is 0 Å². The molecular weight excluding hydrogens is 308 g/mol. The van der Waals surface area contributed by atoms with Crippen molar-refractivity contribution in [2.75, 3.05) is 0 Å². The van der Waals surface area contributed by atoms with Gasteiger partial charge in [0, 0.05) is 10.3 Å². The lowest BCUT2D eigenvalue weighted by Crippen LogP contribution is -1.78. The predicted molar refractivity (Wildman–Crippen MR) is 83.4 cm³/mol. The summed E-state index contributed by atoms with van der Waals surface area (Å²) in [6.45, 7) is 1.82. The maximum absolute atomic E-state index is 10.3. The Balaban J connectivity index is 2.11. The fourth-order valence-corrected chi connectivity index (χ4v) is 2.66. The summed E-state index contributed by atoms with van der Waals surface area (Å²) in [5, 5.41) is 37.8. The lowest BCUT2D eigenvalue weighted by atomic mass is 10.1. The Hall–Kier alpha value is -2.19. The van der Waals surface area contributed by atoms with E-state index in [9.17, 15) is 10.2 Å². The van der Waals surface area contributed by atoms with Crippen LogP contribution in [-0.2, 0) is 0 Å². The van der Waals surface area contributed by atoms with Crippen LogP contribution in [0.4, 0.5) is 10.8 Å². The molecule has 0 amide bonds. The van der Waals surface area contributed by atoms with E-state index >= 15 is 0 Å². The monoisotopic (exact) mass is 318 g/mol. The van der Waals surface area contributed by atoms with Crippen molar-refractivity contribution in [1.82, 2.24) is 10.2 Å². The molecule has 2 N–H and O–H groups in total. The first kappa shape index (κ1) is 13.8. The molecule has 0 aliphatic heterocycles. The molecule has 0 saturated carbocycles. The number of aromatic hydroxyl groups is 2. The molecule has 3 rings (SSSR count). The van der Waals surface area contributed by atoms with Crippen molar-refractivity contribution in [1.29, 1.82) is 0 Å². The van der Waals surface area contributed by atoms with Crippen LogP contribution in [0.5, 0.6) is 11.5 Å². The van der Waals surface area contributed by atoms with Gasteiger partial charge in [-0.1, -0.05) is 17.4 Å². The van der Waals surface area contributed by atoms with E-state index in [2.05, 4.69) is 33.1 Å². The number of nitrogens with zero attached hydrogens (tertiary/aromatic N) is 4. The summed E-state index contributed by atoms with van der Waals surface area (Å²) in [5.41, 5.74) is 0.226. The second-order valence-electron chi connectivity index (χ2n) is 4.30. The van der Waals surface area contributed by atoms with Gasteiger partial charge in [0.2, 0.25) is 0 Å². The molecule has 3 aromatic rings. The molecule has 21 heavy (non-hydrogen) atoms. The third-order valence-corrected chi connectivity index (χ3v) is 3.87. The summed E-state index contributed by atoms with van der Waals surface area (Å²) in [4.78, 5) is 0.482. The van der Waals surface area contributed by atoms with Crippen LogP contribution >= 0.6 is 24.0 Å². The summed E-state index contributed by atoms with van der Waals surface area (Å²) in [6.07, 6.45) is 0. The van der Waals surface area contributed by atoms with Crippen LogP contribution in [-0.4, -0.2) is 20.4 Å². The lowest BCUT2D eigenvalue weighted by molar-refractivity contribution is 0.471. The van der Waals surface area contributed by atoms with Crippen LogP contribution in [0.3, 0.4) is 0 Å². The molecule has 0 saturated heterocycles. The number of aryl methyl sites for hydroxylation is 1. The Morgan fingerprint density at radius 2 is 1.95 bits per heavy atom. The minimum absolute atomic E-state index is 0.0624. The lowest BCUT2D eigenvalue weighted by Gasteiger charge is -2.07. The number of hydrogen-bond donors (Lipinski definition) is 3. The largest absolute Gasteiger partial charge is 0.508 e. The fraction of sp³-hybridized carbons (Fsp3) is 0.0769. The number of azo groups is 1. The second kappa shape index (κ2) is 5.30. The molecule has 106 valence electrons. The summed E-state index contributed by atoms with van der Waals surface area (Å²) >= 11 is 5.61. The van der Waals surface area contributed by atoms with Gasteiger partial charge < -0.3 is 10.2 Å². The molecule has 1 aromatic heterocycles. The molecule has 6 nitrogen and oxygen atoms in total. The van der Waals surface area contributed by atoms with E-state index in [0.717, 1.165) is 10.4 Å². The first-order valence-corrected chi connectivity index (χ1v) is 7.20. The van der Waals surface area contributed by atoms with E-state index < -0.39 is 0 Å². The maximum Gasteiger partial charge on any atom is 0.251 e. The molecule has 2 aromatic carbocycles. The van der Waals surface area contributed by atoms with Gasteiger partial charge in [-0.15, -0.1) is 33.1 Å². The van der Waals surface area contributed by atoms with Gasteiger partial charge in [0.15, 0.2) is 5.75 Å². The molecule has 0 atom stereocenters. The third kappa shape index (κ3) is 2.67. The molecule has 0 unspecified atom stereocenters. The van der Waals surface area contributed by atoms with E-state index in [1.807, 2.05) is 6.92 Å². The van der Waals surface area contributed by atoms with E-state index in [0.29, 0.717) is 15.4 Å². The van der Waals surface area contributed by atoms with E-state index in [1.165, 1.54) is 17.4 Å². The summed E-state index contributed by atoms with van der Waals surface area (Å²) in [7, 11) is 0. The zero-order valence-electron chi connectivity index (χ0n) is 10.8. The summed E-state index contributed by atoms with van der Waals surface area (Å²) < 4.78 is 0. The molecule has 0 bridgehead atoms. The maximum atomic E-state index is 10.3. The second-order valence-corrected chi connectivity index (χ2v) is 5.94. The molecule has 0 aliphatic carbocycles. The van der Waals surface area contributed by atoms with E-state index in [-0.39, 0.29) is 17.2 Å². The first-order valence-electron chi connectivity index (χ1n) is 5.94. The van der Waals surface area contributed by atoms with Crippen molar-refractivity contribution in [3.05, 3.63) is 29.3 Å². The van der Waals surface area contributed by atoms with Gasteiger partial charge in [-0.3, -0.25) is 0 Å². The zero-order valence-corrected chi connectivity index (χ0v) is 12.6. The van der Waals surface area contributed by atoms with Crippen LogP contribution in [0.1, 0.15) is 5.01 Å². The van der Waals surface area contributed by atoms with E-state index in [1.54, 1.807) is 18.2 Å². The molecule has 0 spiro atoms. The third-order valence-electron chi connectivity index (χ3n) is 2.80. The number of hydrogen-bond acceptors (Lipinski definition) is 8. The topological polar surface area (TPSA) is 91.0 Å². The van der Waals surface area contributed by atoms with Gasteiger partial charge in [-0.25, -0.2) is 0 Å². The average molecular weight is 318 g/mol. The summed E-state index contributed by atoms with van der Waals surface area (Å²) in [6, 6.07) is 6.45. The highest BCUT2D eigenvalue weighted by Crippen LogP contribution is 2.41. The van der Waals surface area contributed by atoms with Gasteiger partial charge in [-0.2, -0.15) is 0 Å². The highest BCUT2D eigenvalue weighted by Gasteiger charge is 2.11. The number of rotatable bonds is 2. The molecule has 0 radical (unpaired) electrons. The Morgan fingerprint density at radius 1 is 1.14 bits per heavy atom. The van der Waals surface area contributed by atoms with Crippen molar-refractivity contribution >= 4 is 45.6 Å². The fourth-order valence-electron chi connectivity index (χ4n) is 1.86. The van der Waals surface area contributed by atoms with Crippen molar-refractivity contribution in [3.8, 4) is 11.5 Å². The minimum atomic E-state index is -0.0848. The number of thiol groups is 1. The SMILES string of the molecule is Cc1nnc(/N=N/c2c(S)cc3ccc(O)cc3c2O)s1. The van der Waals surface area contributed by atoms with Gasteiger partial charge >= 0.3 is 0 Å². The zero-order chi connectivity index (χ0) is 15.0. The van der Waals surface area contributed by atoms with Crippen LogP contribution in [0, 0.1) is 6.92 Å². The summed E-state index contributed by atoms with van der Waals surface area (Å²) in [5.74, 6) is -0.0225. The minimum Gasteiger partial charge on any atom is -0.508 e. The highest BCUT2D eigenvalue weighted by atomic mass is 32.1. The Morgan fingerprint density at radius 3 is 2.67 bits per heavy atom. The molecular formula is C13H10N4O2S2. The quantitative estimate of drug-likeness (QED) is 0.490.